The summed E-state index contributed by atoms with van der Waals surface area (Å²) in [5, 5.41) is 11.5. The van der Waals surface area contributed by atoms with Gasteiger partial charge in [0, 0.05) is 19.7 Å². The van der Waals surface area contributed by atoms with Crippen molar-refractivity contribution in [1.29, 1.82) is 0 Å². The molecule has 2 heterocycles. The van der Waals surface area contributed by atoms with Crippen LogP contribution in [0.4, 0.5) is 0 Å². The molecule has 1 N–H and O–H groups in total. The second-order valence-corrected chi connectivity index (χ2v) is 9.38. The molecule has 1 aliphatic heterocycles. The van der Waals surface area contributed by atoms with Gasteiger partial charge in [0.2, 0.25) is 11.8 Å². The molecule has 0 spiro atoms. The van der Waals surface area contributed by atoms with Gasteiger partial charge in [0.1, 0.15) is 18.1 Å². The standard InChI is InChI=1S/C29H31N5O3/c1-21-10-5-6-14-24(21)28(29(36)30-18-22-11-3-2-4-12-22)33(19-23-13-9-17-37-23)27(35)20-34-26-16-8-7-15-25(26)31-32-34/h2-8,10-12,14-16,23,28H,9,13,17-20H2,1H3,(H,30,36). The largest absolute Gasteiger partial charge is 0.376 e. The smallest absolute Gasteiger partial charge is 0.247 e. The molecule has 0 radical (unpaired) electrons. The summed E-state index contributed by atoms with van der Waals surface area (Å²) in [6, 6.07) is 24.2. The zero-order valence-corrected chi connectivity index (χ0v) is 20.9. The van der Waals surface area contributed by atoms with Gasteiger partial charge in [-0.3, -0.25) is 9.59 Å². The molecule has 8 heteroatoms. The predicted octanol–water partition coefficient (Wildman–Crippen LogP) is 3.81. The molecular formula is C29H31N5O3. The minimum atomic E-state index is -0.809. The van der Waals surface area contributed by atoms with Crippen molar-refractivity contribution in [2.24, 2.45) is 0 Å². The van der Waals surface area contributed by atoms with E-state index in [4.69, 9.17) is 4.74 Å². The van der Waals surface area contributed by atoms with Gasteiger partial charge in [-0.15, -0.1) is 5.10 Å². The highest BCUT2D eigenvalue weighted by Gasteiger charge is 2.35. The van der Waals surface area contributed by atoms with Crippen LogP contribution < -0.4 is 5.32 Å². The maximum atomic E-state index is 13.9. The molecule has 1 fully saturated rings. The number of nitrogens with one attached hydrogen (secondary N) is 1. The summed E-state index contributed by atoms with van der Waals surface area (Å²) in [4.78, 5) is 29.4. The Labute approximate surface area is 216 Å². The lowest BCUT2D eigenvalue weighted by Gasteiger charge is -2.34. The number of hydrogen-bond acceptors (Lipinski definition) is 5. The fourth-order valence-electron chi connectivity index (χ4n) is 4.84. The zero-order valence-electron chi connectivity index (χ0n) is 20.9. The van der Waals surface area contributed by atoms with Crippen molar-refractivity contribution in [2.75, 3.05) is 13.2 Å². The fraction of sp³-hybridized carbons (Fsp3) is 0.310. The van der Waals surface area contributed by atoms with Crippen LogP contribution >= 0.6 is 0 Å². The first-order chi connectivity index (χ1) is 18.1. The molecule has 1 saturated heterocycles. The number of nitrogens with zero attached hydrogens (tertiary/aromatic N) is 4. The third-order valence-electron chi connectivity index (χ3n) is 6.80. The van der Waals surface area contributed by atoms with Crippen molar-refractivity contribution in [3.8, 4) is 0 Å². The predicted molar refractivity (Wildman–Crippen MR) is 140 cm³/mol. The molecule has 2 unspecified atom stereocenters. The highest BCUT2D eigenvalue weighted by molar-refractivity contribution is 5.89. The number of carbonyl (C=O) groups excluding carboxylic acids is 2. The topological polar surface area (TPSA) is 89.4 Å². The molecule has 2 atom stereocenters. The van der Waals surface area contributed by atoms with E-state index in [1.54, 1.807) is 9.58 Å². The van der Waals surface area contributed by atoms with Crippen LogP contribution in [-0.4, -0.2) is 51.0 Å². The molecule has 1 aromatic heterocycles. The lowest BCUT2D eigenvalue weighted by Crippen LogP contribution is -2.48. The molecule has 0 aliphatic carbocycles. The van der Waals surface area contributed by atoms with Crippen LogP contribution in [0.15, 0.2) is 78.9 Å². The van der Waals surface area contributed by atoms with Crippen LogP contribution in [-0.2, 0) is 27.4 Å². The van der Waals surface area contributed by atoms with E-state index in [0.29, 0.717) is 19.7 Å². The van der Waals surface area contributed by atoms with Crippen LogP contribution in [0.1, 0.15) is 35.6 Å². The molecule has 5 rings (SSSR count). The van der Waals surface area contributed by atoms with Crippen molar-refractivity contribution in [2.45, 2.75) is 45.0 Å². The number of fused-ring (bicyclic) bond motifs is 1. The number of ether oxygens (including phenoxy) is 1. The number of carbonyl (C=O) groups is 2. The molecule has 0 bridgehead atoms. The Kier molecular flexibility index (Phi) is 7.56. The monoisotopic (exact) mass is 497 g/mol. The Morgan fingerprint density at radius 2 is 1.81 bits per heavy atom. The molecule has 8 nitrogen and oxygen atoms in total. The first-order valence-electron chi connectivity index (χ1n) is 12.7. The quantitative estimate of drug-likeness (QED) is 0.380. The maximum absolute atomic E-state index is 13.9. The van der Waals surface area contributed by atoms with Crippen LogP contribution in [0.3, 0.4) is 0 Å². The number of benzene rings is 3. The Balaban J connectivity index is 1.48. The highest BCUT2D eigenvalue weighted by Crippen LogP contribution is 2.27. The fourth-order valence-corrected chi connectivity index (χ4v) is 4.84. The van der Waals surface area contributed by atoms with Gasteiger partial charge < -0.3 is 15.0 Å². The van der Waals surface area contributed by atoms with Crippen molar-refractivity contribution < 1.29 is 14.3 Å². The van der Waals surface area contributed by atoms with Crippen molar-refractivity contribution >= 4 is 22.8 Å². The summed E-state index contributed by atoms with van der Waals surface area (Å²) in [5.41, 5.74) is 4.22. The van der Waals surface area contributed by atoms with Crippen molar-refractivity contribution in [3.05, 3.63) is 95.6 Å². The first-order valence-corrected chi connectivity index (χ1v) is 12.7. The van der Waals surface area contributed by atoms with Gasteiger partial charge in [0.05, 0.1) is 11.6 Å². The SMILES string of the molecule is Cc1ccccc1C(C(=O)NCc1ccccc1)N(CC1CCCO1)C(=O)Cn1nnc2ccccc21. The van der Waals surface area contributed by atoms with E-state index in [1.165, 1.54) is 0 Å². The Morgan fingerprint density at radius 1 is 1.05 bits per heavy atom. The van der Waals surface area contributed by atoms with Gasteiger partial charge in [0.15, 0.2) is 0 Å². The van der Waals surface area contributed by atoms with Gasteiger partial charge in [-0.05, 0) is 48.6 Å². The lowest BCUT2D eigenvalue weighted by atomic mass is 9.98. The average Bonchev–Trinajstić information content (AvgIpc) is 3.59. The van der Waals surface area contributed by atoms with Gasteiger partial charge in [-0.25, -0.2) is 4.68 Å². The maximum Gasteiger partial charge on any atom is 0.247 e. The minimum absolute atomic E-state index is 0.0262. The number of amides is 2. The summed E-state index contributed by atoms with van der Waals surface area (Å²) in [6.45, 7) is 3.30. The van der Waals surface area contributed by atoms with Gasteiger partial charge >= 0.3 is 0 Å². The van der Waals surface area contributed by atoms with E-state index < -0.39 is 6.04 Å². The second-order valence-electron chi connectivity index (χ2n) is 9.38. The number of rotatable bonds is 9. The molecule has 4 aromatic rings. The van der Waals surface area contributed by atoms with E-state index in [2.05, 4.69) is 15.6 Å². The second kappa shape index (κ2) is 11.3. The number of hydrogen-bond donors (Lipinski definition) is 1. The number of aromatic nitrogens is 3. The molecule has 0 saturated carbocycles. The lowest BCUT2D eigenvalue weighted by molar-refractivity contribution is -0.143. The van der Waals surface area contributed by atoms with Crippen LogP contribution in [0.2, 0.25) is 0 Å². The molecule has 190 valence electrons. The van der Waals surface area contributed by atoms with Gasteiger partial charge in [-0.2, -0.15) is 0 Å². The van der Waals surface area contributed by atoms with Gasteiger partial charge in [0.25, 0.3) is 0 Å². The van der Waals surface area contributed by atoms with Crippen molar-refractivity contribution in [3.63, 3.8) is 0 Å². The Hall–Kier alpha value is -4.04. The summed E-state index contributed by atoms with van der Waals surface area (Å²) in [7, 11) is 0. The van der Waals surface area contributed by atoms with Crippen LogP contribution in [0, 0.1) is 6.92 Å². The molecule has 37 heavy (non-hydrogen) atoms. The van der Waals surface area contributed by atoms with E-state index in [0.717, 1.165) is 40.6 Å². The third-order valence-corrected chi connectivity index (χ3v) is 6.80. The molecule has 2 amide bonds. The Morgan fingerprint density at radius 3 is 2.59 bits per heavy atom. The Bertz CT molecular complexity index is 1360. The zero-order chi connectivity index (χ0) is 25.6. The summed E-state index contributed by atoms with van der Waals surface area (Å²) >= 11 is 0. The van der Waals surface area contributed by atoms with E-state index in [-0.39, 0.29) is 24.5 Å². The third kappa shape index (κ3) is 5.70. The van der Waals surface area contributed by atoms with Crippen LogP contribution in [0.5, 0.6) is 0 Å². The minimum Gasteiger partial charge on any atom is -0.376 e. The summed E-state index contributed by atoms with van der Waals surface area (Å²) in [5.74, 6) is -0.442. The normalized spacial score (nSPS) is 16.0. The van der Waals surface area contributed by atoms with Crippen molar-refractivity contribution in [1.82, 2.24) is 25.2 Å². The molecule has 3 aromatic carbocycles. The summed E-state index contributed by atoms with van der Waals surface area (Å²) < 4.78 is 7.50. The van der Waals surface area contributed by atoms with E-state index >= 15 is 0 Å². The van der Waals surface area contributed by atoms with Gasteiger partial charge in [-0.1, -0.05) is 71.9 Å². The first kappa shape index (κ1) is 24.6. The summed E-state index contributed by atoms with van der Waals surface area (Å²) in [6.07, 6.45) is 1.67. The highest BCUT2D eigenvalue weighted by atomic mass is 16.5. The van der Waals surface area contributed by atoms with E-state index in [9.17, 15) is 9.59 Å². The van der Waals surface area contributed by atoms with Crippen LogP contribution in [0.25, 0.3) is 11.0 Å². The average molecular weight is 498 g/mol. The van der Waals surface area contributed by atoms with E-state index in [1.807, 2.05) is 85.8 Å². The number of para-hydroxylation sites is 1. The molecule has 1 aliphatic rings. The molecular weight excluding hydrogens is 466 g/mol. The number of aryl methyl sites for hydroxylation is 1.